The van der Waals surface area contributed by atoms with Crippen molar-refractivity contribution < 1.29 is 27.9 Å². The quantitative estimate of drug-likeness (QED) is 0.696. The van der Waals surface area contributed by atoms with E-state index in [1.54, 1.807) is 12.1 Å². The molecule has 0 atom stereocenters. The number of halogens is 6. The summed E-state index contributed by atoms with van der Waals surface area (Å²) in [4.78, 5) is 0. The molecule has 0 saturated carbocycles. The van der Waals surface area contributed by atoms with Gasteiger partial charge >= 0.3 is 0 Å². The van der Waals surface area contributed by atoms with Gasteiger partial charge in [0.2, 0.25) is 0 Å². The fourth-order valence-electron chi connectivity index (χ4n) is 1.16. The number of hydrogen-bond acceptors (Lipinski definition) is 1. The number of para-hydroxylation sites is 1. The highest BCUT2D eigenvalue weighted by molar-refractivity contribution is 9.10. The second-order valence-electron chi connectivity index (χ2n) is 2.99. The maximum atomic E-state index is 13.2. The Kier molecular flexibility index (Phi) is 12.2. The average molecular weight is 347 g/mol. The summed E-state index contributed by atoms with van der Waals surface area (Å²) in [5.41, 5.74) is 0. The monoisotopic (exact) mass is 346 g/mol. The smallest absolute Gasteiger partial charge is 0.141 e. The molecule has 0 fully saturated rings. The Bertz CT molecular complexity index is 467. The lowest BCUT2D eigenvalue weighted by molar-refractivity contribution is 0.476. The second kappa shape index (κ2) is 10.3. The van der Waals surface area contributed by atoms with Gasteiger partial charge in [-0.2, -0.15) is 0 Å². The van der Waals surface area contributed by atoms with Gasteiger partial charge in [-0.05, 0) is 40.2 Å². The van der Waals surface area contributed by atoms with Gasteiger partial charge in [-0.3, -0.25) is 18.8 Å². The van der Waals surface area contributed by atoms with Crippen molar-refractivity contribution in [2.75, 3.05) is 0 Å². The highest BCUT2D eigenvalue weighted by atomic mass is 79.9. The zero-order valence-corrected chi connectivity index (χ0v) is 11.0. The SMILES string of the molecule is F.F.F.F.Fc1cc(Oc2ccccc2)ccc1Br. The highest BCUT2D eigenvalue weighted by Crippen LogP contribution is 2.25. The van der Waals surface area contributed by atoms with Gasteiger partial charge in [-0.1, -0.05) is 18.2 Å². The molecule has 2 aromatic rings. The Hall–Kier alpha value is -1.63. The van der Waals surface area contributed by atoms with Gasteiger partial charge in [-0.15, -0.1) is 0 Å². The van der Waals surface area contributed by atoms with Crippen LogP contribution in [0.25, 0.3) is 0 Å². The third-order valence-electron chi connectivity index (χ3n) is 1.87. The van der Waals surface area contributed by atoms with E-state index in [9.17, 15) is 4.39 Å². The molecule has 19 heavy (non-hydrogen) atoms. The van der Waals surface area contributed by atoms with E-state index in [0.717, 1.165) is 0 Å². The predicted molar refractivity (Wildman–Crippen MR) is 70.6 cm³/mol. The molecule has 0 aliphatic rings. The normalized spacial score (nSPS) is 7.89. The fraction of sp³-hybridized carbons (Fsp3) is 0. The van der Waals surface area contributed by atoms with Crippen molar-refractivity contribution in [2.45, 2.75) is 0 Å². The minimum absolute atomic E-state index is 0. The summed E-state index contributed by atoms with van der Waals surface area (Å²) in [6.07, 6.45) is 0. The number of rotatable bonds is 2. The highest BCUT2D eigenvalue weighted by Gasteiger charge is 2.01. The minimum atomic E-state index is -0.330. The first kappa shape index (κ1) is 22.5. The van der Waals surface area contributed by atoms with Crippen molar-refractivity contribution in [3.63, 3.8) is 0 Å². The zero-order chi connectivity index (χ0) is 10.7. The van der Waals surface area contributed by atoms with Crippen LogP contribution in [0.2, 0.25) is 0 Å². The lowest BCUT2D eigenvalue weighted by Crippen LogP contribution is -1.85. The molecule has 0 heterocycles. The first-order valence-corrected chi connectivity index (χ1v) is 5.23. The molecule has 1 nitrogen and oxygen atoms in total. The molecule has 0 unspecified atom stereocenters. The number of benzene rings is 2. The summed E-state index contributed by atoms with van der Waals surface area (Å²) in [5.74, 6) is 0.851. The average Bonchev–Trinajstić information content (AvgIpc) is 2.25. The lowest BCUT2D eigenvalue weighted by atomic mass is 10.3. The Labute approximate surface area is 115 Å². The number of hydrogen-bond donors (Lipinski definition) is 0. The van der Waals surface area contributed by atoms with E-state index >= 15 is 0 Å². The third kappa shape index (κ3) is 6.19. The van der Waals surface area contributed by atoms with E-state index in [1.807, 2.05) is 30.3 Å². The van der Waals surface area contributed by atoms with Crippen LogP contribution in [0, 0.1) is 5.82 Å². The standard InChI is InChI=1S/C12H8BrFO.4FH/c13-11-7-6-10(8-12(11)14)15-9-4-2-1-3-5-9;;;;/h1-8H;4*1H. The summed E-state index contributed by atoms with van der Waals surface area (Å²) in [6, 6.07) is 13.9. The van der Waals surface area contributed by atoms with Gasteiger partial charge in [-0.25, -0.2) is 4.39 Å². The molecule has 7 heteroatoms. The minimum Gasteiger partial charge on any atom is -0.457 e. The Morgan fingerprint density at radius 3 is 1.89 bits per heavy atom. The van der Waals surface area contributed by atoms with Crippen LogP contribution in [0.5, 0.6) is 11.5 Å². The van der Waals surface area contributed by atoms with Crippen molar-refractivity contribution in [2.24, 2.45) is 0 Å². The second-order valence-corrected chi connectivity index (χ2v) is 3.85. The van der Waals surface area contributed by atoms with E-state index in [1.165, 1.54) is 6.07 Å². The summed E-state index contributed by atoms with van der Waals surface area (Å²) in [7, 11) is 0. The van der Waals surface area contributed by atoms with Crippen molar-refractivity contribution in [1.29, 1.82) is 0 Å². The zero-order valence-electron chi connectivity index (χ0n) is 9.42. The van der Waals surface area contributed by atoms with E-state index in [0.29, 0.717) is 16.0 Å². The van der Waals surface area contributed by atoms with E-state index in [4.69, 9.17) is 4.74 Å². The van der Waals surface area contributed by atoms with Crippen molar-refractivity contribution in [1.82, 2.24) is 0 Å². The Morgan fingerprint density at radius 1 is 0.789 bits per heavy atom. The van der Waals surface area contributed by atoms with Gasteiger partial charge in [0.05, 0.1) is 4.47 Å². The topological polar surface area (TPSA) is 9.23 Å². The molecule has 2 aromatic carbocycles. The van der Waals surface area contributed by atoms with Crippen LogP contribution in [-0.4, -0.2) is 0 Å². The molecule has 0 N–H and O–H groups in total. The molecule has 0 amide bonds. The summed E-state index contributed by atoms with van der Waals surface area (Å²) >= 11 is 3.08. The van der Waals surface area contributed by atoms with Crippen LogP contribution in [-0.2, 0) is 0 Å². The lowest BCUT2D eigenvalue weighted by Gasteiger charge is -2.05. The largest absolute Gasteiger partial charge is 0.457 e. The van der Waals surface area contributed by atoms with Gasteiger partial charge in [0.15, 0.2) is 0 Å². The molecule has 0 radical (unpaired) electrons. The Morgan fingerprint density at radius 2 is 1.37 bits per heavy atom. The third-order valence-corrected chi connectivity index (χ3v) is 2.51. The Balaban J connectivity index is -0.000000640. The maximum Gasteiger partial charge on any atom is 0.141 e. The van der Waals surface area contributed by atoms with E-state index in [-0.39, 0.29) is 24.6 Å². The van der Waals surface area contributed by atoms with Crippen molar-refractivity contribution >= 4 is 15.9 Å². The van der Waals surface area contributed by atoms with Crippen LogP contribution in [0.1, 0.15) is 0 Å². The molecule has 108 valence electrons. The van der Waals surface area contributed by atoms with E-state index < -0.39 is 0 Å². The van der Waals surface area contributed by atoms with Gasteiger partial charge in [0.25, 0.3) is 0 Å². The molecule has 0 spiro atoms. The van der Waals surface area contributed by atoms with Crippen molar-refractivity contribution in [3.05, 3.63) is 58.8 Å². The van der Waals surface area contributed by atoms with Gasteiger partial charge < -0.3 is 4.74 Å². The molecule has 2 rings (SSSR count). The first-order chi connectivity index (χ1) is 7.25. The summed E-state index contributed by atoms with van der Waals surface area (Å²) < 4.78 is 19.0. The van der Waals surface area contributed by atoms with Crippen LogP contribution in [0.15, 0.2) is 53.0 Å². The van der Waals surface area contributed by atoms with Gasteiger partial charge in [0, 0.05) is 6.07 Å². The molecule has 0 aliphatic carbocycles. The molecule has 0 bridgehead atoms. The molecular formula is C12H12BrF5O. The van der Waals surface area contributed by atoms with E-state index in [2.05, 4.69) is 15.9 Å². The number of ether oxygens (including phenoxy) is 1. The van der Waals surface area contributed by atoms with Gasteiger partial charge in [0.1, 0.15) is 17.3 Å². The predicted octanol–water partition coefficient (Wildman–Crippen LogP) is 4.99. The van der Waals surface area contributed by atoms with Crippen molar-refractivity contribution in [3.8, 4) is 11.5 Å². The molecular weight excluding hydrogens is 335 g/mol. The maximum absolute atomic E-state index is 13.2. The summed E-state index contributed by atoms with van der Waals surface area (Å²) in [5, 5.41) is 0. The van der Waals surface area contributed by atoms with Crippen LogP contribution in [0.4, 0.5) is 23.2 Å². The summed E-state index contributed by atoms with van der Waals surface area (Å²) in [6.45, 7) is 0. The molecule has 0 saturated heterocycles. The fourth-order valence-corrected chi connectivity index (χ4v) is 1.41. The van der Waals surface area contributed by atoms with Crippen LogP contribution in [0.3, 0.4) is 0 Å². The van der Waals surface area contributed by atoms with Crippen LogP contribution < -0.4 is 4.74 Å². The first-order valence-electron chi connectivity index (χ1n) is 4.43. The molecule has 0 aromatic heterocycles. The van der Waals surface area contributed by atoms with Crippen LogP contribution >= 0.6 is 15.9 Å². The molecule has 0 aliphatic heterocycles.